The fourth-order valence-corrected chi connectivity index (χ4v) is 3.78. The lowest BCUT2D eigenvalue weighted by Crippen LogP contribution is -2.66. The quantitative estimate of drug-likeness (QED) is 0.669. The Hall–Kier alpha value is -0.610. The largest absolute Gasteiger partial charge is 0.378 e. The van der Waals surface area contributed by atoms with Crippen LogP contribution in [0.4, 0.5) is 0 Å². The summed E-state index contributed by atoms with van der Waals surface area (Å²) in [7, 11) is 0. The number of carbonyl (C=O) groups is 1. The van der Waals surface area contributed by atoms with Crippen molar-refractivity contribution in [2.75, 3.05) is 13.2 Å². The molecule has 2 N–H and O–H groups in total. The summed E-state index contributed by atoms with van der Waals surface area (Å²) in [6, 6.07) is 1.12. The second-order valence-corrected chi connectivity index (χ2v) is 6.72. The van der Waals surface area contributed by atoms with Crippen LogP contribution in [0.5, 0.6) is 0 Å². The van der Waals surface area contributed by atoms with Gasteiger partial charge in [0.05, 0.1) is 6.10 Å². The highest BCUT2D eigenvalue weighted by Crippen LogP contribution is 2.57. The van der Waals surface area contributed by atoms with Gasteiger partial charge in [-0.05, 0) is 52.0 Å². The minimum Gasteiger partial charge on any atom is -0.378 e. The average molecular weight is 280 g/mol. The third-order valence-corrected chi connectivity index (χ3v) is 5.35. The van der Waals surface area contributed by atoms with Gasteiger partial charge in [-0.15, -0.1) is 0 Å². The predicted octanol–water partition coefficient (Wildman–Crippen LogP) is 1.98. The molecule has 3 fully saturated rings. The van der Waals surface area contributed by atoms with Gasteiger partial charge in [-0.1, -0.05) is 6.42 Å². The molecule has 2 unspecified atom stereocenters. The van der Waals surface area contributed by atoms with Crippen molar-refractivity contribution in [3.8, 4) is 0 Å². The van der Waals surface area contributed by atoms with Gasteiger partial charge in [-0.25, -0.2) is 0 Å². The Balaban J connectivity index is 1.31. The van der Waals surface area contributed by atoms with Gasteiger partial charge in [0.25, 0.3) is 0 Å². The van der Waals surface area contributed by atoms with Crippen molar-refractivity contribution in [2.45, 2.75) is 76.5 Å². The minimum absolute atomic E-state index is 0.230. The molecule has 0 radical (unpaired) electrons. The lowest BCUT2D eigenvalue weighted by Gasteiger charge is -2.61. The maximum atomic E-state index is 11.6. The minimum atomic E-state index is 0.230. The van der Waals surface area contributed by atoms with Gasteiger partial charge < -0.3 is 15.4 Å². The third kappa shape index (κ3) is 2.86. The lowest BCUT2D eigenvalue weighted by molar-refractivity contribution is -0.172. The SMILES string of the molecule is CCOC1CC(NCCCC(=O)NC2CC2)C12CCC2. The first-order chi connectivity index (χ1) is 9.74. The Morgan fingerprint density at radius 1 is 1.35 bits per heavy atom. The first-order valence-corrected chi connectivity index (χ1v) is 8.39. The molecular formula is C16H28N2O2. The molecule has 4 heteroatoms. The molecule has 0 aromatic carbocycles. The highest BCUT2D eigenvalue weighted by atomic mass is 16.5. The van der Waals surface area contributed by atoms with Crippen molar-refractivity contribution in [3.05, 3.63) is 0 Å². The summed E-state index contributed by atoms with van der Waals surface area (Å²) in [5.41, 5.74) is 0.437. The van der Waals surface area contributed by atoms with Crippen LogP contribution in [0.15, 0.2) is 0 Å². The van der Waals surface area contributed by atoms with Crippen LogP contribution in [0.25, 0.3) is 0 Å². The smallest absolute Gasteiger partial charge is 0.220 e. The van der Waals surface area contributed by atoms with Crippen LogP contribution in [-0.2, 0) is 9.53 Å². The number of ether oxygens (including phenoxy) is 1. The molecule has 2 atom stereocenters. The summed E-state index contributed by atoms with van der Waals surface area (Å²) < 4.78 is 5.86. The van der Waals surface area contributed by atoms with E-state index in [1.165, 1.54) is 32.1 Å². The molecule has 1 amide bonds. The molecule has 3 saturated carbocycles. The molecule has 3 aliphatic carbocycles. The molecule has 0 aromatic rings. The maximum Gasteiger partial charge on any atom is 0.220 e. The second-order valence-electron chi connectivity index (χ2n) is 6.72. The monoisotopic (exact) mass is 280 g/mol. The summed E-state index contributed by atoms with van der Waals surface area (Å²) in [4.78, 5) is 11.6. The van der Waals surface area contributed by atoms with E-state index in [0.717, 1.165) is 26.0 Å². The predicted molar refractivity (Wildman–Crippen MR) is 78.5 cm³/mol. The van der Waals surface area contributed by atoms with Crippen molar-refractivity contribution < 1.29 is 9.53 Å². The van der Waals surface area contributed by atoms with Crippen LogP contribution in [0.2, 0.25) is 0 Å². The van der Waals surface area contributed by atoms with E-state index in [2.05, 4.69) is 17.6 Å². The summed E-state index contributed by atoms with van der Waals surface area (Å²) in [5.74, 6) is 0.230. The van der Waals surface area contributed by atoms with Crippen molar-refractivity contribution in [2.24, 2.45) is 5.41 Å². The van der Waals surface area contributed by atoms with Crippen LogP contribution in [0, 0.1) is 5.41 Å². The molecular weight excluding hydrogens is 252 g/mol. The fraction of sp³-hybridized carbons (Fsp3) is 0.938. The zero-order valence-corrected chi connectivity index (χ0v) is 12.6. The normalized spacial score (nSPS) is 30.6. The Kier molecular flexibility index (Phi) is 4.32. The van der Waals surface area contributed by atoms with Crippen LogP contribution in [-0.4, -0.2) is 37.2 Å². The first-order valence-electron chi connectivity index (χ1n) is 8.39. The molecule has 1 spiro atoms. The first kappa shape index (κ1) is 14.3. The van der Waals surface area contributed by atoms with Crippen molar-refractivity contribution in [1.29, 1.82) is 0 Å². The van der Waals surface area contributed by atoms with E-state index in [4.69, 9.17) is 4.74 Å². The van der Waals surface area contributed by atoms with Crippen molar-refractivity contribution in [3.63, 3.8) is 0 Å². The van der Waals surface area contributed by atoms with Crippen LogP contribution in [0.1, 0.15) is 58.3 Å². The number of nitrogens with one attached hydrogen (secondary N) is 2. The number of rotatable bonds is 8. The molecule has 0 aromatic heterocycles. The van der Waals surface area contributed by atoms with Gasteiger partial charge in [0.2, 0.25) is 5.91 Å². The van der Waals surface area contributed by atoms with Crippen LogP contribution < -0.4 is 10.6 Å². The molecule has 20 heavy (non-hydrogen) atoms. The standard InChI is InChI=1S/C16H28N2O2/c1-2-20-14-11-13(16(14)8-4-9-16)17-10-3-5-15(19)18-12-6-7-12/h12-14,17H,2-11H2,1H3,(H,18,19). The van der Waals surface area contributed by atoms with E-state index >= 15 is 0 Å². The highest BCUT2D eigenvalue weighted by molar-refractivity contribution is 5.76. The lowest BCUT2D eigenvalue weighted by atomic mass is 9.51. The van der Waals surface area contributed by atoms with Crippen LogP contribution in [0.3, 0.4) is 0 Å². The van der Waals surface area contributed by atoms with Gasteiger partial charge in [-0.3, -0.25) is 4.79 Å². The van der Waals surface area contributed by atoms with Crippen molar-refractivity contribution in [1.82, 2.24) is 10.6 Å². The molecule has 0 heterocycles. The third-order valence-electron chi connectivity index (χ3n) is 5.35. The van der Waals surface area contributed by atoms with E-state index in [0.29, 0.717) is 30.0 Å². The number of carbonyl (C=O) groups excluding carboxylic acids is 1. The van der Waals surface area contributed by atoms with E-state index < -0.39 is 0 Å². The van der Waals surface area contributed by atoms with E-state index in [1.807, 2.05) is 0 Å². The van der Waals surface area contributed by atoms with Gasteiger partial charge in [0.1, 0.15) is 0 Å². The summed E-state index contributed by atoms with van der Waals surface area (Å²) in [5, 5.41) is 6.71. The Labute approximate surface area is 122 Å². The molecule has 0 bridgehead atoms. The van der Waals surface area contributed by atoms with Crippen molar-refractivity contribution >= 4 is 5.91 Å². The second kappa shape index (κ2) is 6.02. The highest BCUT2D eigenvalue weighted by Gasteiger charge is 2.58. The molecule has 3 rings (SSSR count). The zero-order chi connectivity index (χ0) is 14.0. The van der Waals surface area contributed by atoms with Gasteiger partial charge in [0, 0.05) is 30.5 Å². The van der Waals surface area contributed by atoms with Crippen LogP contribution >= 0.6 is 0 Å². The number of hydrogen-bond acceptors (Lipinski definition) is 3. The Bertz CT molecular complexity index is 350. The molecule has 0 aliphatic heterocycles. The topological polar surface area (TPSA) is 50.4 Å². The Morgan fingerprint density at radius 3 is 2.75 bits per heavy atom. The van der Waals surface area contributed by atoms with E-state index in [-0.39, 0.29) is 5.91 Å². The van der Waals surface area contributed by atoms with Gasteiger partial charge in [0.15, 0.2) is 0 Å². The summed E-state index contributed by atoms with van der Waals surface area (Å²) >= 11 is 0. The van der Waals surface area contributed by atoms with Gasteiger partial charge >= 0.3 is 0 Å². The summed E-state index contributed by atoms with van der Waals surface area (Å²) in [6.07, 6.45) is 9.59. The average Bonchev–Trinajstić information content (AvgIpc) is 3.13. The fourth-order valence-electron chi connectivity index (χ4n) is 3.78. The number of hydrogen-bond donors (Lipinski definition) is 2. The van der Waals surface area contributed by atoms with E-state index in [9.17, 15) is 4.79 Å². The molecule has 114 valence electrons. The molecule has 4 nitrogen and oxygen atoms in total. The Morgan fingerprint density at radius 2 is 2.15 bits per heavy atom. The zero-order valence-electron chi connectivity index (χ0n) is 12.6. The van der Waals surface area contributed by atoms with Gasteiger partial charge in [-0.2, -0.15) is 0 Å². The molecule has 3 aliphatic rings. The molecule has 0 saturated heterocycles. The number of amides is 1. The maximum absolute atomic E-state index is 11.6. The summed E-state index contributed by atoms with van der Waals surface area (Å²) in [6.45, 7) is 3.88. The van der Waals surface area contributed by atoms with E-state index in [1.54, 1.807) is 0 Å².